The lowest BCUT2D eigenvalue weighted by atomic mass is 10.2. The van der Waals surface area contributed by atoms with E-state index in [1.165, 1.54) is 0 Å². The molecule has 0 radical (unpaired) electrons. The van der Waals surface area contributed by atoms with Crippen LogP contribution in [0.2, 0.25) is 0 Å². The van der Waals surface area contributed by atoms with Crippen LogP contribution in [0.3, 0.4) is 0 Å². The fraction of sp³-hybridized carbons (Fsp3) is 0.125. The van der Waals surface area contributed by atoms with E-state index in [4.69, 9.17) is 23.4 Å². The molecule has 6 N–H and O–H groups in total. The van der Waals surface area contributed by atoms with Gasteiger partial charge in [-0.3, -0.25) is 5.43 Å². The van der Waals surface area contributed by atoms with E-state index >= 15 is 0 Å². The van der Waals surface area contributed by atoms with E-state index < -0.39 is 0 Å². The number of aliphatic imine (C=N–C) groups is 1. The van der Waals surface area contributed by atoms with E-state index in [1.807, 2.05) is 24.3 Å². The van der Waals surface area contributed by atoms with Crippen LogP contribution in [0, 0.1) is 0 Å². The van der Waals surface area contributed by atoms with Gasteiger partial charge in [0.15, 0.2) is 0 Å². The molecular formula is C8H12ClN5. The van der Waals surface area contributed by atoms with E-state index in [9.17, 15) is 0 Å². The van der Waals surface area contributed by atoms with Gasteiger partial charge in [-0.1, -0.05) is 12.1 Å². The Balaban J connectivity index is 2.83. The molecule has 0 aromatic heterocycles. The van der Waals surface area contributed by atoms with Crippen LogP contribution < -0.4 is 21.8 Å². The number of hydrogen-bond donors (Lipinski definition) is 4. The third kappa shape index (κ3) is 3.21. The first-order valence-corrected chi connectivity index (χ1v) is 4.37. The largest absolute Gasteiger partial charge is 0.369 e. The highest BCUT2D eigenvalue weighted by Crippen LogP contribution is 2.13. The van der Waals surface area contributed by atoms with Crippen LogP contribution in [-0.2, 0) is 6.54 Å². The van der Waals surface area contributed by atoms with E-state index in [-0.39, 0.29) is 5.96 Å². The van der Waals surface area contributed by atoms with Gasteiger partial charge in [0.25, 0.3) is 0 Å². The minimum Gasteiger partial charge on any atom is -0.369 e. The van der Waals surface area contributed by atoms with Crippen molar-refractivity contribution < 1.29 is 0 Å². The molecule has 0 heterocycles. The first-order valence-electron chi connectivity index (χ1n) is 3.99. The Bertz CT molecular complexity index is 325. The van der Waals surface area contributed by atoms with Crippen molar-refractivity contribution in [3.63, 3.8) is 0 Å². The third-order valence-electron chi connectivity index (χ3n) is 1.58. The predicted octanol–water partition coefficient (Wildman–Crippen LogP) is 0.339. The Morgan fingerprint density at radius 1 is 1.50 bits per heavy atom. The SMILES string of the molecule is NNC(N)=Nc1cccc(CNCl)c1. The lowest BCUT2D eigenvalue weighted by Crippen LogP contribution is -2.36. The van der Waals surface area contributed by atoms with Gasteiger partial charge in [0, 0.05) is 6.54 Å². The minimum atomic E-state index is 0.168. The number of nitrogens with zero attached hydrogens (tertiary/aromatic N) is 1. The normalized spacial score (nSPS) is 11.4. The fourth-order valence-electron chi connectivity index (χ4n) is 0.984. The highest BCUT2D eigenvalue weighted by Gasteiger charge is 1.94. The molecule has 76 valence electrons. The van der Waals surface area contributed by atoms with Crippen molar-refractivity contribution in [2.75, 3.05) is 0 Å². The Hall–Kier alpha value is -1.30. The monoisotopic (exact) mass is 213 g/mol. The lowest BCUT2D eigenvalue weighted by molar-refractivity contribution is 0.962. The van der Waals surface area contributed by atoms with Crippen molar-refractivity contribution in [2.45, 2.75) is 6.54 Å². The molecule has 0 unspecified atom stereocenters. The molecule has 0 spiro atoms. The minimum absolute atomic E-state index is 0.168. The summed E-state index contributed by atoms with van der Waals surface area (Å²) in [5.41, 5.74) is 9.40. The number of hydrazine groups is 1. The first-order chi connectivity index (χ1) is 6.76. The predicted molar refractivity (Wildman–Crippen MR) is 57.7 cm³/mol. The highest BCUT2D eigenvalue weighted by molar-refractivity contribution is 6.13. The van der Waals surface area contributed by atoms with Gasteiger partial charge in [0.1, 0.15) is 0 Å². The quantitative estimate of drug-likeness (QED) is 0.192. The van der Waals surface area contributed by atoms with Crippen LogP contribution in [0.25, 0.3) is 0 Å². The third-order valence-corrected chi connectivity index (χ3v) is 1.71. The van der Waals surface area contributed by atoms with Crippen molar-refractivity contribution in [1.82, 2.24) is 10.3 Å². The van der Waals surface area contributed by atoms with Gasteiger partial charge in [-0.05, 0) is 29.5 Å². The smallest absolute Gasteiger partial charge is 0.208 e. The molecule has 5 nitrogen and oxygen atoms in total. The Labute approximate surface area is 87.2 Å². The second-order valence-electron chi connectivity index (χ2n) is 2.62. The average molecular weight is 214 g/mol. The molecule has 0 aliphatic heterocycles. The summed E-state index contributed by atoms with van der Waals surface area (Å²) in [6.45, 7) is 0.570. The second kappa shape index (κ2) is 5.43. The van der Waals surface area contributed by atoms with Crippen LogP contribution in [0.15, 0.2) is 29.3 Å². The fourth-order valence-corrected chi connectivity index (χ4v) is 1.14. The number of benzene rings is 1. The maximum absolute atomic E-state index is 5.40. The number of nitrogens with two attached hydrogens (primary N) is 2. The summed E-state index contributed by atoms with van der Waals surface area (Å²) in [5.74, 6) is 5.24. The van der Waals surface area contributed by atoms with Crippen LogP contribution in [0.4, 0.5) is 5.69 Å². The molecule has 14 heavy (non-hydrogen) atoms. The number of rotatable bonds is 3. The Morgan fingerprint density at radius 3 is 2.93 bits per heavy atom. The molecule has 0 bridgehead atoms. The summed E-state index contributed by atoms with van der Waals surface area (Å²) in [6.07, 6.45) is 0. The summed E-state index contributed by atoms with van der Waals surface area (Å²) in [7, 11) is 0. The van der Waals surface area contributed by atoms with Crippen molar-refractivity contribution in [3.8, 4) is 0 Å². The van der Waals surface area contributed by atoms with E-state index in [0.717, 1.165) is 11.3 Å². The molecule has 0 saturated heterocycles. The van der Waals surface area contributed by atoms with E-state index in [0.29, 0.717) is 6.54 Å². The molecule has 1 rings (SSSR count). The molecule has 0 amide bonds. The number of hydrogen-bond acceptors (Lipinski definition) is 3. The highest BCUT2D eigenvalue weighted by atomic mass is 35.5. The molecule has 1 aromatic carbocycles. The molecule has 0 aliphatic carbocycles. The molecule has 0 saturated carbocycles. The van der Waals surface area contributed by atoms with Crippen LogP contribution >= 0.6 is 11.8 Å². The second-order valence-corrected chi connectivity index (χ2v) is 2.89. The zero-order chi connectivity index (χ0) is 10.4. The van der Waals surface area contributed by atoms with Gasteiger partial charge in [-0.25, -0.2) is 15.7 Å². The summed E-state index contributed by atoms with van der Waals surface area (Å²) in [6, 6.07) is 7.48. The summed E-state index contributed by atoms with van der Waals surface area (Å²) < 4.78 is 0. The average Bonchev–Trinajstić information content (AvgIpc) is 2.19. The van der Waals surface area contributed by atoms with Gasteiger partial charge >= 0.3 is 0 Å². The maximum Gasteiger partial charge on any atom is 0.208 e. The van der Waals surface area contributed by atoms with Gasteiger partial charge in [0.2, 0.25) is 5.96 Å². The molecular weight excluding hydrogens is 202 g/mol. The molecule has 0 aliphatic rings. The standard InChI is InChI=1S/C8H12ClN5/c9-12-5-6-2-1-3-7(4-6)13-8(10)14-11/h1-4,12H,5,11H2,(H3,10,13,14). The topological polar surface area (TPSA) is 88.5 Å². The zero-order valence-electron chi connectivity index (χ0n) is 7.50. The number of halogens is 1. The Kier molecular flexibility index (Phi) is 4.18. The van der Waals surface area contributed by atoms with E-state index in [2.05, 4.69) is 15.3 Å². The van der Waals surface area contributed by atoms with Gasteiger partial charge in [-0.15, -0.1) is 0 Å². The molecule has 0 atom stereocenters. The molecule has 6 heteroatoms. The van der Waals surface area contributed by atoms with Crippen molar-refractivity contribution in [3.05, 3.63) is 29.8 Å². The summed E-state index contributed by atoms with van der Waals surface area (Å²) in [4.78, 5) is 6.54. The van der Waals surface area contributed by atoms with Gasteiger partial charge in [-0.2, -0.15) is 0 Å². The number of nitrogens with one attached hydrogen (secondary N) is 2. The lowest BCUT2D eigenvalue weighted by Gasteiger charge is -2.01. The summed E-state index contributed by atoms with van der Waals surface area (Å²) >= 11 is 5.38. The first kappa shape index (κ1) is 10.8. The molecule has 0 fully saturated rings. The van der Waals surface area contributed by atoms with Gasteiger partial charge in [0.05, 0.1) is 5.69 Å². The van der Waals surface area contributed by atoms with Crippen LogP contribution in [-0.4, -0.2) is 5.96 Å². The molecule has 1 aromatic rings. The van der Waals surface area contributed by atoms with Crippen molar-refractivity contribution >= 4 is 23.4 Å². The maximum atomic E-state index is 5.40. The van der Waals surface area contributed by atoms with E-state index in [1.54, 1.807) is 0 Å². The van der Waals surface area contributed by atoms with Gasteiger partial charge < -0.3 is 5.73 Å². The summed E-state index contributed by atoms with van der Waals surface area (Å²) in [5, 5.41) is 0. The van der Waals surface area contributed by atoms with Crippen LogP contribution in [0.5, 0.6) is 0 Å². The van der Waals surface area contributed by atoms with Crippen molar-refractivity contribution in [1.29, 1.82) is 0 Å². The van der Waals surface area contributed by atoms with Crippen LogP contribution in [0.1, 0.15) is 5.56 Å². The van der Waals surface area contributed by atoms with Crippen molar-refractivity contribution in [2.24, 2.45) is 16.6 Å². The number of guanidine groups is 1. The Morgan fingerprint density at radius 2 is 2.29 bits per heavy atom. The zero-order valence-corrected chi connectivity index (χ0v) is 8.25.